The van der Waals surface area contributed by atoms with Crippen molar-refractivity contribution in [2.45, 2.75) is 74.5 Å². The van der Waals surface area contributed by atoms with Crippen LogP contribution in [0.25, 0.3) is 0 Å². The molecule has 6 aliphatic rings. The van der Waals surface area contributed by atoms with Gasteiger partial charge in [0.1, 0.15) is 11.9 Å². The predicted octanol–water partition coefficient (Wildman–Crippen LogP) is -0.984. The molecule has 0 aromatic heterocycles. The van der Waals surface area contributed by atoms with Gasteiger partial charge < -0.3 is 29.5 Å². The first kappa shape index (κ1) is 20.9. The Morgan fingerprint density at radius 1 is 1.09 bits per heavy atom. The summed E-state index contributed by atoms with van der Waals surface area (Å²) >= 11 is 0. The van der Waals surface area contributed by atoms with Crippen LogP contribution in [0.5, 0.6) is 5.75 Å². The number of ether oxygens (including phenoxy) is 3. The van der Waals surface area contributed by atoms with E-state index in [-0.39, 0.29) is 47.1 Å². The van der Waals surface area contributed by atoms with Gasteiger partial charge in [0.2, 0.25) is 0 Å². The molecule has 2 unspecified atom stereocenters. The van der Waals surface area contributed by atoms with E-state index in [2.05, 4.69) is 0 Å². The summed E-state index contributed by atoms with van der Waals surface area (Å²) in [6.45, 7) is 2.33. The Kier molecular flexibility index (Phi) is 5.32. The molecule has 4 saturated carbocycles. The van der Waals surface area contributed by atoms with Crippen LogP contribution in [0.1, 0.15) is 48.7 Å². The number of hydrogen-bond acceptors (Lipinski definition) is 8. The Morgan fingerprint density at radius 2 is 1.79 bits per heavy atom. The van der Waals surface area contributed by atoms with E-state index in [1.54, 1.807) is 24.3 Å². The third-order valence-corrected chi connectivity index (χ3v) is 8.41. The predicted molar refractivity (Wildman–Crippen MR) is 110 cm³/mol. The molecule has 4 bridgehead atoms. The number of hydrogen-bond donors (Lipinski definition) is 3. The topological polar surface area (TPSA) is 107 Å². The van der Waals surface area contributed by atoms with E-state index in [0.29, 0.717) is 17.4 Å². The molecule has 4 aliphatic carbocycles. The van der Waals surface area contributed by atoms with Gasteiger partial charge in [-0.2, -0.15) is 11.5 Å². The van der Waals surface area contributed by atoms with E-state index < -0.39 is 42.5 Å². The summed E-state index contributed by atoms with van der Waals surface area (Å²) in [5, 5.41) is 30.7. The quantitative estimate of drug-likeness (QED) is 0.291. The summed E-state index contributed by atoms with van der Waals surface area (Å²) < 4.78 is 40.6. The van der Waals surface area contributed by atoms with Crippen LogP contribution in [0.3, 0.4) is 0 Å². The molecule has 1 aromatic rings. The van der Waals surface area contributed by atoms with Crippen molar-refractivity contribution in [3.05, 3.63) is 36.4 Å². The molecule has 2 heterocycles. The molecule has 0 amide bonds. The standard InChI is InChI=1S/C24H31O8.Na/c1-22(27)12-29-21(19(25)20(22)26)30-18-5-3-4-15(11-18)24(28-2)23(31-32-24)16-7-13-6-14(9-16)10-17(23)8-13;/h3-5,11-14,16-17,19-21,25-27H,6-10H2,1-2H3;/q-1;+1/t13?,14?,16?,17?,19?,20-,21+,22-,23?,24?;/m1./s1/i2D3;. The molecule has 7 rings (SSSR count). The monoisotopic (exact) mass is 473 g/mol. The number of benzene rings is 1. The van der Waals surface area contributed by atoms with Gasteiger partial charge in [-0.3, -0.25) is 0 Å². The van der Waals surface area contributed by atoms with E-state index in [1.807, 2.05) is 0 Å². The minimum atomic E-state index is -2.74. The first-order chi connectivity index (χ1) is 16.4. The van der Waals surface area contributed by atoms with Gasteiger partial charge in [-0.05, 0) is 73.5 Å². The van der Waals surface area contributed by atoms with E-state index in [1.165, 1.54) is 13.3 Å². The Hall–Kier alpha value is -0.260. The van der Waals surface area contributed by atoms with Crippen LogP contribution < -0.4 is 34.3 Å². The van der Waals surface area contributed by atoms with Crippen LogP contribution in [0.4, 0.5) is 0 Å². The van der Waals surface area contributed by atoms with Crippen molar-refractivity contribution in [3.63, 3.8) is 0 Å². The van der Waals surface area contributed by atoms with E-state index >= 15 is 0 Å². The van der Waals surface area contributed by atoms with Gasteiger partial charge in [0.25, 0.3) is 5.79 Å². The van der Waals surface area contributed by atoms with Crippen LogP contribution in [-0.4, -0.2) is 52.1 Å². The fourth-order valence-electron chi connectivity index (χ4n) is 7.06. The van der Waals surface area contributed by atoms with Gasteiger partial charge in [0, 0.05) is 12.6 Å². The molecule has 9 heteroatoms. The zero-order valence-corrected chi connectivity index (χ0v) is 20.8. The van der Waals surface area contributed by atoms with Gasteiger partial charge in [0.15, 0.2) is 11.9 Å². The first-order valence-electron chi connectivity index (χ1n) is 12.9. The van der Waals surface area contributed by atoms with Crippen molar-refractivity contribution in [2.24, 2.45) is 23.7 Å². The van der Waals surface area contributed by atoms with Crippen molar-refractivity contribution in [2.75, 3.05) is 7.04 Å². The molecule has 8 nitrogen and oxygen atoms in total. The minimum Gasteiger partial charge on any atom is -0.516 e. The molecule has 3 N–H and O–H groups in total. The molecule has 33 heavy (non-hydrogen) atoms. The minimum absolute atomic E-state index is 0. The van der Waals surface area contributed by atoms with Crippen molar-refractivity contribution in [1.29, 1.82) is 0 Å². The summed E-state index contributed by atoms with van der Waals surface area (Å²) in [6, 6.07) is 6.60. The third-order valence-electron chi connectivity index (χ3n) is 8.41. The zero-order chi connectivity index (χ0) is 24.8. The SMILES string of the molecule is [2H]C([2H])([2H])OC1(c2cccc(O[C@@H]3O[CH-][C@@](C)(O)[C@H](O)C3O)c2)OOC12C1CC3CC(C1)CC2C3.[Na+]. The van der Waals surface area contributed by atoms with Crippen molar-refractivity contribution < 1.29 is 73.0 Å². The summed E-state index contributed by atoms with van der Waals surface area (Å²) in [4.78, 5) is 11.6. The van der Waals surface area contributed by atoms with Gasteiger partial charge in [-0.15, -0.1) is 0 Å². The molecule has 1 spiro atoms. The fourth-order valence-corrected chi connectivity index (χ4v) is 7.06. The van der Waals surface area contributed by atoms with Gasteiger partial charge >= 0.3 is 29.6 Å². The number of aliphatic hydroxyl groups excluding tert-OH is 2. The fraction of sp³-hybridized carbons (Fsp3) is 0.708. The number of methoxy groups -OCH3 is 1. The molecular weight excluding hydrogens is 439 g/mol. The molecule has 176 valence electrons. The van der Waals surface area contributed by atoms with Crippen LogP contribution in [0.2, 0.25) is 0 Å². The zero-order valence-electron chi connectivity index (χ0n) is 21.8. The van der Waals surface area contributed by atoms with Crippen LogP contribution >= 0.6 is 0 Å². The van der Waals surface area contributed by atoms with Crippen LogP contribution in [-0.2, 0) is 25.0 Å². The van der Waals surface area contributed by atoms with Crippen LogP contribution in [0.15, 0.2) is 24.3 Å². The third kappa shape index (κ3) is 3.41. The summed E-state index contributed by atoms with van der Waals surface area (Å²) in [7, 11) is -2.74. The Bertz CT molecular complexity index is 962. The Balaban J connectivity index is 0.00000267. The van der Waals surface area contributed by atoms with Gasteiger partial charge in [-0.25, -0.2) is 4.89 Å². The number of rotatable bonds is 4. The van der Waals surface area contributed by atoms with Gasteiger partial charge in [0.05, 0.1) is 10.2 Å². The van der Waals surface area contributed by atoms with Crippen LogP contribution in [0, 0.1) is 30.3 Å². The second kappa shape index (κ2) is 8.40. The Morgan fingerprint density at radius 3 is 2.39 bits per heavy atom. The maximum Gasteiger partial charge on any atom is 1.00 e. The molecule has 0 radical (unpaired) electrons. The van der Waals surface area contributed by atoms with Crippen molar-refractivity contribution >= 4 is 0 Å². The smallest absolute Gasteiger partial charge is 0.516 e. The Labute approximate surface area is 219 Å². The van der Waals surface area contributed by atoms with Crippen molar-refractivity contribution in [1.82, 2.24) is 0 Å². The molecule has 2 saturated heterocycles. The first-order valence-corrected chi connectivity index (χ1v) is 11.4. The molecule has 1 aromatic carbocycles. The summed E-state index contributed by atoms with van der Waals surface area (Å²) in [6.07, 6.45) is 0.708. The number of aliphatic hydroxyl groups is 3. The average molecular weight is 474 g/mol. The molecule has 5 atom stereocenters. The van der Waals surface area contributed by atoms with E-state index in [9.17, 15) is 15.3 Å². The van der Waals surface area contributed by atoms with Crippen molar-refractivity contribution in [3.8, 4) is 5.75 Å². The maximum atomic E-state index is 10.4. The molecule has 2 aliphatic heterocycles. The average Bonchev–Trinajstić information content (AvgIpc) is 2.76. The normalized spacial score (nSPS) is 51.8. The molecule has 6 fully saturated rings. The largest absolute Gasteiger partial charge is 1.00 e. The van der Waals surface area contributed by atoms with Gasteiger partial charge in [-0.1, -0.05) is 19.1 Å². The van der Waals surface area contributed by atoms with E-state index in [0.717, 1.165) is 32.3 Å². The summed E-state index contributed by atoms with van der Waals surface area (Å²) in [5.41, 5.74) is -2.20. The second-order valence-electron chi connectivity index (χ2n) is 10.4. The molecular formula is C24H31NaO8. The van der Waals surface area contributed by atoms with E-state index in [4.69, 9.17) is 28.1 Å². The maximum absolute atomic E-state index is 10.4. The summed E-state index contributed by atoms with van der Waals surface area (Å²) in [5.74, 6) is 0.0951. The second-order valence-corrected chi connectivity index (χ2v) is 10.4.